The molecule has 0 fully saturated rings. The number of benzene rings is 1. The van der Waals surface area contributed by atoms with E-state index in [1.54, 1.807) is 24.1 Å². The van der Waals surface area contributed by atoms with Crippen molar-refractivity contribution in [2.75, 3.05) is 19.0 Å². The molecule has 1 atom stereocenters. The maximum Gasteiger partial charge on any atom is 0.124 e. The number of nitrogens with zero attached hydrogens (tertiary/aromatic N) is 2. The Labute approximate surface area is 122 Å². The first-order valence-corrected chi connectivity index (χ1v) is 6.71. The summed E-state index contributed by atoms with van der Waals surface area (Å²) in [5.41, 5.74) is 1.73. The maximum absolute atomic E-state index is 13.0. The number of hydrogen-bond donors (Lipinski definition) is 1. The van der Waals surface area contributed by atoms with Gasteiger partial charge in [-0.25, -0.2) is 4.39 Å². The number of halogens is 2. The van der Waals surface area contributed by atoms with Crippen molar-refractivity contribution in [1.29, 1.82) is 0 Å². The standard InChI is InChI=1S/C14H17ClFN3O/c1-10(13-4-3-11(16)7-14(13)15)18-12-8-17-19(9-12)5-6-20-2/h3-4,7-10,18H,5-6H2,1-2H3. The van der Waals surface area contributed by atoms with Gasteiger partial charge < -0.3 is 10.1 Å². The van der Waals surface area contributed by atoms with Crippen molar-refractivity contribution in [2.45, 2.75) is 19.5 Å². The molecule has 1 aromatic heterocycles. The van der Waals surface area contributed by atoms with Crippen molar-refractivity contribution in [2.24, 2.45) is 0 Å². The van der Waals surface area contributed by atoms with Crippen molar-refractivity contribution in [3.05, 3.63) is 47.0 Å². The third-order valence-corrected chi connectivity index (χ3v) is 3.30. The van der Waals surface area contributed by atoms with Gasteiger partial charge in [-0.05, 0) is 24.6 Å². The number of nitrogens with one attached hydrogen (secondary N) is 1. The monoisotopic (exact) mass is 297 g/mol. The molecule has 1 N–H and O–H groups in total. The van der Waals surface area contributed by atoms with Gasteiger partial charge in [0.05, 0.1) is 31.1 Å². The summed E-state index contributed by atoms with van der Waals surface area (Å²) in [5.74, 6) is -0.335. The zero-order valence-electron chi connectivity index (χ0n) is 11.4. The topological polar surface area (TPSA) is 39.1 Å². The summed E-state index contributed by atoms with van der Waals surface area (Å²) in [6, 6.07) is 4.37. The van der Waals surface area contributed by atoms with E-state index in [-0.39, 0.29) is 11.9 Å². The lowest BCUT2D eigenvalue weighted by molar-refractivity contribution is 0.183. The van der Waals surface area contributed by atoms with Gasteiger partial charge in [0.15, 0.2) is 0 Å². The third kappa shape index (κ3) is 3.71. The van der Waals surface area contributed by atoms with Crippen LogP contribution in [0.25, 0.3) is 0 Å². The van der Waals surface area contributed by atoms with E-state index < -0.39 is 0 Å². The minimum atomic E-state index is -0.335. The molecule has 1 unspecified atom stereocenters. The van der Waals surface area contributed by atoms with Gasteiger partial charge in [-0.2, -0.15) is 5.10 Å². The lowest BCUT2D eigenvalue weighted by Gasteiger charge is -2.15. The van der Waals surface area contributed by atoms with Gasteiger partial charge in [0.1, 0.15) is 5.82 Å². The van der Waals surface area contributed by atoms with Crippen LogP contribution in [0, 0.1) is 5.82 Å². The second-order valence-corrected chi connectivity index (χ2v) is 4.92. The summed E-state index contributed by atoms with van der Waals surface area (Å²) in [7, 11) is 1.65. The van der Waals surface area contributed by atoms with Crippen LogP contribution >= 0.6 is 11.6 Å². The molecule has 0 aliphatic heterocycles. The first-order valence-electron chi connectivity index (χ1n) is 6.33. The predicted octanol–water partition coefficient (Wildman–Crippen LogP) is 3.50. The summed E-state index contributed by atoms with van der Waals surface area (Å²) in [4.78, 5) is 0. The van der Waals surface area contributed by atoms with E-state index in [9.17, 15) is 4.39 Å². The largest absolute Gasteiger partial charge is 0.383 e. The zero-order valence-corrected chi connectivity index (χ0v) is 12.2. The molecular weight excluding hydrogens is 281 g/mol. The quantitative estimate of drug-likeness (QED) is 0.887. The number of hydrogen-bond acceptors (Lipinski definition) is 3. The minimum Gasteiger partial charge on any atom is -0.383 e. The highest BCUT2D eigenvalue weighted by atomic mass is 35.5. The van der Waals surface area contributed by atoms with Crippen LogP contribution in [0.4, 0.5) is 10.1 Å². The van der Waals surface area contributed by atoms with E-state index in [1.165, 1.54) is 12.1 Å². The highest BCUT2D eigenvalue weighted by molar-refractivity contribution is 6.31. The molecule has 0 saturated carbocycles. The predicted molar refractivity (Wildman–Crippen MR) is 77.6 cm³/mol. The highest BCUT2D eigenvalue weighted by Gasteiger charge is 2.11. The molecule has 0 aliphatic rings. The Hall–Kier alpha value is -1.59. The third-order valence-electron chi connectivity index (χ3n) is 2.97. The SMILES string of the molecule is COCCn1cc(NC(C)c2ccc(F)cc2Cl)cn1. The summed E-state index contributed by atoms with van der Waals surface area (Å²) < 4.78 is 19.8. The van der Waals surface area contributed by atoms with Crippen molar-refractivity contribution >= 4 is 17.3 Å². The van der Waals surface area contributed by atoms with Gasteiger partial charge in [-0.1, -0.05) is 17.7 Å². The number of ether oxygens (including phenoxy) is 1. The van der Waals surface area contributed by atoms with Crippen LogP contribution in [0.3, 0.4) is 0 Å². The second kappa shape index (κ2) is 6.72. The van der Waals surface area contributed by atoms with Crippen LogP contribution < -0.4 is 5.32 Å². The number of methoxy groups -OCH3 is 1. The van der Waals surface area contributed by atoms with E-state index in [0.717, 1.165) is 11.3 Å². The fraction of sp³-hybridized carbons (Fsp3) is 0.357. The highest BCUT2D eigenvalue weighted by Crippen LogP contribution is 2.26. The molecule has 0 aliphatic carbocycles. The van der Waals surface area contributed by atoms with Crippen molar-refractivity contribution < 1.29 is 9.13 Å². The van der Waals surface area contributed by atoms with E-state index in [4.69, 9.17) is 16.3 Å². The Kier molecular flexibility index (Phi) is 4.98. The molecule has 0 spiro atoms. The van der Waals surface area contributed by atoms with Crippen molar-refractivity contribution in [3.8, 4) is 0 Å². The van der Waals surface area contributed by atoms with Crippen LogP contribution in [-0.2, 0) is 11.3 Å². The fourth-order valence-corrected chi connectivity index (χ4v) is 2.26. The number of aromatic nitrogens is 2. The Morgan fingerprint density at radius 3 is 3.00 bits per heavy atom. The molecule has 4 nitrogen and oxygen atoms in total. The fourth-order valence-electron chi connectivity index (χ4n) is 1.93. The normalized spacial score (nSPS) is 12.4. The Morgan fingerprint density at radius 1 is 1.50 bits per heavy atom. The van der Waals surface area contributed by atoms with E-state index >= 15 is 0 Å². The summed E-state index contributed by atoms with van der Waals surface area (Å²) >= 11 is 6.05. The second-order valence-electron chi connectivity index (χ2n) is 4.52. The first-order chi connectivity index (χ1) is 9.60. The molecule has 20 heavy (non-hydrogen) atoms. The summed E-state index contributed by atoms with van der Waals surface area (Å²) in [5, 5.41) is 7.92. The lowest BCUT2D eigenvalue weighted by Crippen LogP contribution is -2.07. The average molecular weight is 298 g/mol. The lowest BCUT2D eigenvalue weighted by atomic mass is 10.1. The van der Waals surface area contributed by atoms with Gasteiger partial charge in [-0.15, -0.1) is 0 Å². The molecular formula is C14H17ClFN3O. The number of rotatable bonds is 6. The van der Waals surface area contributed by atoms with E-state index in [0.29, 0.717) is 18.2 Å². The summed E-state index contributed by atoms with van der Waals surface area (Å²) in [6.07, 6.45) is 3.64. The smallest absolute Gasteiger partial charge is 0.124 e. The molecule has 0 bridgehead atoms. The van der Waals surface area contributed by atoms with Crippen LogP contribution in [-0.4, -0.2) is 23.5 Å². The van der Waals surface area contributed by atoms with Gasteiger partial charge >= 0.3 is 0 Å². The minimum absolute atomic E-state index is 0.0387. The molecule has 108 valence electrons. The zero-order chi connectivity index (χ0) is 14.5. The van der Waals surface area contributed by atoms with Crippen LogP contribution in [0.2, 0.25) is 5.02 Å². The molecule has 0 amide bonds. The van der Waals surface area contributed by atoms with Gasteiger partial charge in [0.2, 0.25) is 0 Å². The first kappa shape index (κ1) is 14.8. The van der Waals surface area contributed by atoms with Crippen molar-refractivity contribution in [1.82, 2.24) is 9.78 Å². The molecule has 1 aromatic carbocycles. The van der Waals surface area contributed by atoms with E-state index in [2.05, 4.69) is 10.4 Å². The molecule has 0 saturated heterocycles. The average Bonchev–Trinajstić information content (AvgIpc) is 2.83. The van der Waals surface area contributed by atoms with Crippen LogP contribution in [0.15, 0.2) is 30.6 Å². The van der Waals surface area contributed by atoms with Gasteiger partial charge in [0.25, 0.3) is 0 Å². The molecule has 0 radical (unpaired) electrons. The summed E-state index contributed by atoms with van der Waals surface area (Å²) in [6.45, 7) is 3.27. The Morgan fingerprint density at radius 2 is 2.30 bits per heavy atom. The van der Waals surface area contributed by atoms with Crippen LogP contribution in [0.5, 0.6) is 0 Å². The number of anilines is 1. The Balaban J connectivity index is 2.03. The Bertz CT molecular complexity index is 573. The molecule has 2 rings (SSSR count). The maximum atomic E-state index is 13.0. The van der Waals surface area contributed by atoms with Gasteiger partial charge in [0, 0.05) is 18.3 Å². The molecule has 1 heterocycles. The van der Waals surface area contributed by atoms with E-state index in [1.807, 2.05) is 13.1 Å². The van der Waals surface area contributed by atoms with Crippen LogP contribution in [0.1, 0.15) is 18.5 Å². The van der Waals surface area contributed by atoms with Gasteiger partial charge in [-0.3, -0.25) is 4.68 Å². The van der Waals surface area contributed by atoms with Crippen molar-refractivity contribution in [3.63, 3.8) is 0 Å². The molecule has 6 heteroatoms. The molecule has 2 aromatic rings.